The fourth-order valence-electron chi connectivity index (χ4n) is 2.06. The van der Waals surface area contributed by atoms with Gasteiger partial charge in [-0.25, -0.2) is 0 Å². The van der Waals surface area contributed by atoms with E-state index in [1.54, 1.807) is 0 Å². The topological polar surface area (TPSA) is 21.3 Å². The van der Waals surface area contributed by atoms with Gasteiger partial charge in [0, 0.05) is 10.6 Å². The van der Waals surface area contributed by atoms with E-state index in [2.05, 4.69) is 12.2 Å². The first-order valence-corrected chi connectivity index (χ1v) is 5.95. The lowest BCUT2D eigenvalue weighted by Gasteiger charge is -2.13. The van der Waals surface area contributed by atoms with Crippen LogP contribution < -0.4 is 10.1 Å². The Morgan fingerprint density at radius 2 is 1.94 bits per heavy atom. The van der Waals surface area contributed by atoms with Crippen molar-refractivity contribution in [2.45, 2.75) is 13.0 Å². The Hall–Kier alpha value is -1.67. The second-order valence-corrected chi connectivity index (χ2v) is 4.58. The molecule has 1 atom stereocenters. The molecule has 17 heavy (non-hydrogen) atoms. The number of hydrogen-bond acceptors (Lipinski definition) is 2. The summed E-state index contributed by atoms with van der Waals surface area (Å²) in [5.74, 6) is 1.71. The van der Waals surface area contributed by atoms with E-state index in [-0.39, 0.29) is 6.04 Å². The summed E-state index contributed by atoms with van der Waals surface area (Å²) in [6.07, 6.45) is 0. The molecule has 2 aromatic carbocycles. The predicted octanol–water partition coefficient (Wildman–Crippen LogP) is 4.62. The van der Waals surface area contributed by atoms with E-state index in [4.69, 9.17) is 16.3 Å². The van der Waals surface area contributed by atoms with Crippen LogP contribution in [0.5, 0.6) is 11.5 Å². The van der Waals surface area contributed by atoms with E-state index in [1.165, 1.54) is 0 Å². The Balaban J connectivity index is 2.14. The lowest BCUT2D eigenvalue weighted by molar-refractivity contribution is 0.482. The zero-order chi connectivity index (χ0) is 11.8. The van der Waals surface area contributed by atoms with Crippen molar-refractivity contribution in [3.05, 3.63) is 53.1 Å². The molecule has 2 aromatic rings. The standard InChI is InChI=1S/C14H12ClNO/c1-9-11-8-10(15)6-7-13(11)17-14-5-3-2-4-12(14)16-9/h2-9,16H,1H3/t9-/m0/s1. The van der Waals surface area contributed by atoms with Gasteiger partial charge in [-0.1, -0.05) is 23.7 Å². The molecule has 0 amide bonds. The zero-order valence-electron chi connectivity index (χ0n) is 9.41. The van der Waals surface area contributed by atoms with E-state index >= 15 is 0 Å². The minimum Gasteiger partial charge on any atom is -0.455 e. The maximum absolute atomic E-state index is 6.02. The first kappa shape index (κ1) is 10.5. The minimum atomic E-state index is 0.173. The van der Waals surface area contributed by atoms with Crippen LogP contribution in [-0.2, 0) is 0 Å². The summed E-state index contributed by atoms with van der Waals surface area (Å²) < 4.78 is 5.91. The molecule has 0 spiro atoms. The molecule has 86 valence electrons. The number of ether oxygens (including phenoxy) is 1. The molecule has 0 saturated carbocycles. The van der Waals surface area contributed by atoms with Crippen LogP contribution >= 0.6 is 11.6 Å². The summed E-state index contributed by atoms with van der Waals surface area (Å²) in [5, 5.41) is 4.15. The van der Waals surface area contributed by atoms with Crippen molar-refractivity contribution in [3.63, 3.8) is 0 Å². The summed E-state index contributed by atoms with van der Waals surface area (Å²) >= 11 is 6.02. The number of halogens is 1. The van der Waals surface area contributed by atoms with E-state index in [0.29, 0.717) is 0 Å². The van der Waals surface area contributed by atoms with E-state index in [0.717, 1.165) is 27.8 Å². The molecule has 1 heterocycles. The van der Waals surface area contributed by atoms with Gasteiger partial charge >= 0.3 is 0 Å². The molecule has 3 rings (SSSR count). The summed E-state index contributed by atoms with van der Waals surface area (Å²) in [4.78, 5) is 0. The molecule has 2 nitrogen and oxygen atoms in total. The lowest BCUT2D eigenvalue weighted by Crippen LogP contribution is -2.04. The third kappa shape index (κ3) is 1.85. The highest BCUT2D eigenvalue weighted by Gasteiger charge is 2.19. The van der Waals surface area contributed by atoms with Crippen molar-refractivity contribution in [3.8, 4) is 11.5 Å². The summed E-state index contributed by atoms with van der Waals surface area (Å²) in [7, 11) is 0. The van der Waals surface area contributed by atoms with E-state index in [9.17, 15) is 0 Å². The van der Waals surface area contributed by atoms with Gasteiger partial charge < -0.3 is 10.1 Å². The third-order valence-electron chi connectivity index (χ3n) is 2.92. The zero-order valence-corrected chi connectivity index (χ0v) is 10.2. The normalized spacial score (nSPS) is 17.2. The van der Waals surface area contributed by atoms with Crippen LogP contribution in [0.3, 0.4) is 0 Å². The molecule has 0 aromatic heterocycles. The molecule has 0 radical (unpaired) electrons. The van der Waals surface area contributed by atoms with Crippen molar-refractivity contribution in [2.75, 3.05) is 5.32 Å². The molecule has 0 aliphatic carbocycles. The number of hydrogen-bond donors (Lipinski definition) is 1. The van der Waals surface area contributed by atoms with Gasteiger partial charge in [0.25, 0.3) is 0 Å². The predicted molar refractivity (Wildman–Crippen MR) is 70.0 cm³/mol. The second kappa shape index (κ2) is 3.97. The molecule has 0 saturated heterocycles. The summed E-state index contributed by atoms with van der Waals surface area (Å²) in [6.45, 7) is 2.10. The van der Waals surface area contributed by atoms with E-state index < -0.39 is 0 Å². The number of fused-ring (bicyclic) bond motifs is 2. The highest BCUT2D eigenvalue weighted by Crippen LogP contribution is 2.40. The maximum atomic E-state index is 6.02. The quantitative estimate of drug-likeness (QED) is 0.731. The van der Waals surface area contributed by atoms with E-state index in [1.807, 2.05) is 42.5 Å². The molecule has 1 aliphatic rings. The number of rotatable bonds is 0. The first-order valence-electron chi connectivity index (χ1n) is 5.57. The monoisotopic (exact) mass is 245 g/mol. The molecule has 0 bridgehead atoms. The molecule has 1 N–H and O–H groups in total. The average molecular weight is 246 g/mol. The lowest BCUT2D eigenvalue weighted by atomic mass is 10.1. The third-order valence-corrected chi connectivity index (χ3v) is 3.15. The molecule has 3 heteroatoms. The Bertz CT molecular complexity index is 568. The smallest absolute Gasteiger partial charge is 0.150 e. The molecular weight excluding hydrogens is 234 g/mol. The number of anilines is 1. The molecular formula is C14H12ClNO. The molecule has 1 aliphatic heterocycles. The summed E-state index contributed by atoms with van der Waals surface area (Å²) in [6, 6.07) is 13.8. The van der Waals surface area contributed by atoms with Crippen molar-refractivity contribution in [1.82, 2.24) is 0 Å². The summed E-state index contributed by atoms with van der Waals surface area (Å²) in [5.41, 5.74) is 2.08. The van der Waals surface area contributed by atoms with Crippen LogP contribution in [-0.4, -0.2) is 0 Å². The van der Waals surface area contributed by atoms with Crippen LogP contribution in [0.4, 0.5) is 5.69 Å². The molecule has 0 fully saturated rings. The Morgan fingerprint density at radius 3 is 2.82 bits per heavy atom. The highest BCUT2D eigenvalue weighted by molar-refractivity contribution is 6.30. The number of benzene rings is 2. The fourth-order valence-corrected chi connectivity index (χ4v) is 2.24. The largest absolute Gasteiger partial charge is 0.455 e. The van der Waals surface area contributed by atoms with Crippen LogP contribution in [0.1, 0.15) is 18.5 Å². The van der Waals surface area contributed by atoms with Crippen LogP contribution in [0.2, 0.25) is 5.02 Å². The van der Waals surface area contributed by atoms with Gasteiger partial charge in [-0.2, -0.15) is 0 Å². The van der Waals surface area contributed by atoms with Gasteiger partial charge in [0.1, 0.15) is 5.75 Å². The number of nitrogens with one attached hydrogen (secondary N) is 1. The fraction of sp³-hybridized carbons (Fsp3) is 0.143. The van der Waals surface area contributed by atoms with Gasteiger partial charge in [-0.3, -0.25) is 0 Å². The van der Waals surface area contributed by atoms with Crippen molar-refractivity contribution in [2.24, 2.45) is 0 Å². The Labute approximate surface area is 105 Å². The van der Waals surface area contributed by atoms with Crippen LogP contribution in [0, 0.1) is 0 Å². The van der Waals surface area contributed by atoms with Gasteiger partial charge in [-0.15, -0.1) is 0 Å². The SMILES string of the molecule is C[C@@H]1Nc2ccccc2Oc2ccc(Cl)cc21. The Morgan fingerprint density at radius 1 is 1.12 bits per heavy atom. The van der Waals surface area contributed by atoms with Crippen molar-refractivity contribution >= 4 is 17.3 Å². The van der Waals surface area contributed by atoms with Crippen molar-refractivity contribution < 1.29 is 4.74 Å². The second-order valence-electron chi connectivity index (χ2n) is 4.15. The van der Waals surface area contributed by atoms with Crippen LogP contribution in [0.25, 0.3) is 0 Å². The van der Waals surface area contributed by atoms with Gasteiger partial charge in [0.15, 0.2) is 5.75 Å². The minimum absolute atomic E-state index is 0.173. The Kier molecular flexibility index (Phi) is 2.45. The number of para-hydroxylation sites is 2. The first-order chi connectivity index (χ1) is 8.24. The molecule has 0 unspecified atom stereocenters. The van der Waals surface area contributed by atoms with Gasteiger partial charge in [-0.05, 0) is 37.3 Å². The average Bonchev–Trinajstić information content (AvgIpc) is 2.46. The van der Waals surface area contributed by atoms with Gasteiger partial charge in [0.05, 0.1) is 11.7 Å². The van der Waals surface area contributed by atoms with Gasteiger partial charge in [0.2, 0.25) is 0 Å². The maximum Gasteiger partial charge on any atom is 0.150 e. The van der Waals surface area contributed by atoms with Crippen molar-refractivity contribution in [1.29, 1.82) is 0 Å². The van der Waals surface area contributed by atoms with Crippen LogP contribution in [0.15, 0.2) is 42.5 Å². The highest BCUT2D eigenvalue weighted by atomic mass is 35.5.